The fraction of sp³-hybridized carbons (Fsp3) is 0.294. The Morgan fingerprint density at radius 1 is 1.05 bits per heavy atom. The van der Waals surface area contributed by atoms with Crippen molar-refractivity contribution in [1.82, 2.24) is 0 Å². The Labute approximate surface area is 138 Å². The van der Waals surface area contributed by atoms with E-state index in [4.69, 9.17) is 11.6 Å². The van der Waals surface area contributed by atoms with Crippen molar-refractivity contribution < 1.29 is 10.2 Å². The van der Waals surface area contributed by atoms with Crippen LogP contribution in [0.3, 0.4) is 0 Å². The average molecular weight is 370 g/mol. The molecule has 0 unspecified atom stereocenters. The largest absolute Gasteiger partial charge is 0.395 e. The van der Waals surface area contributed by atoms with E-state index in [-0.39, 0.29) is 13.2 Å². The Bertz CT molecular complexity index is 607. The van der Waals surface area contributed by atoms with Gasteiger partial charge in [-0.15, -0.1) is 0 Å². The van der Waals surface area contributed by atoms with Crippen LogP contribution in [-0.2, 0) is 11.8 Å². The van der Waals surface area contributed by atoms with Crippen molar-refractivity contribution in [2.24, 2.45) is 0 Å². The predicted octanol–water partition coefficient (Wildman–Crippen LogP) is 3.88. The maximum atomic E-state index is 9.89. The lowest BCUT2D eigenvalue weighted by atomic mass is 9.76. The molecule has 0 heterocycles. The van der Waals surface area contributed by atoms with Crippen LogP contribution in [0.1, 0.15) is 16.7 Å². The summed E-state index contributed by atoms with van der Waals surface area (Å²) in [7, 11) is 0. The Morgan fingerprint density at radius 2 is 1.67 bits per heavy atom. The van der Waals surface area contributed by atoms with Crippen molar-refractivity contribution in [3.05, 3.63) is 68.7 Å². The third-order valence-electron chi connectivity index (χ3n) is 3.81. The Hall–Kier alpha value is -0.870. The summed E-state index contributed by atoms with van der Waals surface area (Å²) in [6, 6.07) is 13.5. The van der Waals surface area contributed by atoms with Gasteiger partial charge in [0.2, 0.25) is 0 Å². The van der Waals surface area contributed by atoms with Gasteiger partial charge in [-0.05, 0) is 36.6 Å². The van der Waals surface area contributed by atoms with E-state index in [0.29, 0.717) is 11.4 Å². The highest BCUT2D eigenvalue weighted by molar-refractivity contribution is 9.10. The third-order valence-corrected chi connectivity index (χ3v) is 4.66. The highest BCUT2D eigenvalue weighted by Crippen LogP contribution is 2.32. The number of aliphatic hydroxyl groups is 2. The second-order valence-corrected chi connectivity index (χ2v) is 6.70. The third kappa shape index (κ3) is 3.67. The fourth-order valence-corrected chi connectivity index (χ4v) is 3.12. The summed E-state index contributed by atoms with van der Waals surface area (Å²) in [6.07, 6.45) is 0.481. The van der Waals surface area contributed by atoms with Gasteiger partial charge >= 0.3 is 0 Å². The molecule has 0 atom stereocenters. The Balaban J connectivity index is 2.40. The summed E-state index contributed by atoms with van der Waals surface area (Å²) in [5.74, 6) is 0. The SMILES string of the molecule is Cc1ccc(C(CO)(CO)Cc2ccc(Br)cc2Cl)cc1. The van der Waals surface area contributed by atoms with Crippen LogP contribution in [0, 0.1) is 6.92 Å². The summed E-state index contributed by atoms with van der Waals surface area (Å²) < 4.78 is 0.908. The molecule has 0 aliphatic rings. The first kappa shape index (κ1) is 16.5. The molecule has 0 bridgehead atoms. The first-order valence-corrected chi connectivity index (χ1v) is 7.90. The second kappa shape index (κ2) is 6.93. The first-order chi connectivity index (χ1) is 10.0. The first-order valence-electron chi connectivity index (χ1n) is 6.73. The molecule has 0 aliphatic carbocycles. The van der Waals surface area contributed by atoms with Gasteiger partial charge in [-0.25, -0.2) is 0 Å². The molecule has 0 saturated heterocycles. The van der Waals surface area contributed by atoms with E-state index in [9.17, 15) is 10.2 Å². The van der Waals surface area contributed by atoms with Gasteiger partial charge in [0.15, 0.2) is 0 Å². The Morgan fingerprint density at radius 3 is 2.19 bits per heavy atom. The molecule has 0 saturated carbocycles. The lowest BCUT2D eigenvalue weighted by Crippen LogP contribution is -2.37. The molecule has 0 spiro atoms. The minimum atomic E-state index is -0.731. The lowest BCUT2D eigenvalue weighted by Gasteiger charge is -2.31. The van der Waals surface area contributed by atoms with E-state index < -0.39 is 5.41 Å². The molecule has 2 rings (SSSR count). The highest BCUT2D eigenvalue weighted by atomic mass is 79.9. The van der Waals surface area contributed by atoms with Crippen molar-refractivity contribution in [3.8, 4) is 0 Å². The van der Waals surface area contributed by atoms with E-state index in [1.807, 2.05) is 49.4 Å². The topological polar surface area (TPSA) is 40.5 Å². The lowest BCUT2D eigenvalue weighted by molar-refractivity contribution is 0.116. The normalized spacial score (nSPS) is 11.7. The van der Waals surface area contributed by atoms with E-state index in [1.165, 1.54) is 0 Å². The maximum absolute atomic E-state index is 9.89. The summed E-state index contributed by atoms with van der Waals surface area (Å²) in [5.41, 5.74) is 2.23. The smallest absolute Gasteiger partial charge is 0.0553 e. The minimum absolute atomic E-state index is 0.140. The molecule has 2 nitrogen and oxygen atoms in total. The number of aliphatic hydroxyl groups excluding tert-OH is 2. The van der Waals surface area contributed by atoms with E-state index >= 15 is 0 Å². The zero-order valence-electron chi connectivity index (χ0n) is 11.8. The number of halogens is 2. The van der Waals surface area contributed by atoms with Gasteiger partial charge in [0, 0.05) is 14.9 Å². The van der Waals surface area contributed by atoms with E-state index in [1.54, 1.807) is 0 Å². The van der Waals surface area contributed by atoms with Gasteiger partial charge in [0.25, 0.3) is 0 Å². The molecule has 2 N–H and O–H groups in total. The van der Waals surface area contributed by atoms with Gasteiger partial charge in [-0.3, -0.25) is 0 Å². The van der Waals surface area contributed by atoms with Crippen molar-refractivity contribution in [1.29, 1.82) is 0 Å². The molecule has 0 amide bonds. The molecular weight excluding hydrogens is 352 g/mol. The summed E-state index contributed by atoms with van der Waals surface area (Å²) in [4.78, 5) is 0. The van der Waals surface area contributed by atoms with Crippen LogP contribution >= 0.6 is 27.5 Å². The van der Waals surface area contributed by atoms with Crippen LogP contribution < -0.4 is 0 Å². The van der Waals surface area contributed by atoms with Crippen LogP contribution in [0.4, 0.5) is 0 Å². The zero-order chi connectivity index (χ0) is 15.5. The van der Waals surface area contributed by atoms with Crippen molar-refractivity contribution in [2.75, 3.05) is 13.2 Å². The van der Waals surface area contributed by atoms with Gasteiger partial charge in [-0.1, -0.05) is 63.4 Å². The highest BCUT2D eigenvalue weighted by Gasteiger charge is 2.32. The number of hydrogen-bond donors (Lipinski definition) is 2. The molecule has 112 valence electrons. The van der Waals surface area contributed by atoms with Crippen LogP contribution in [0.15, 0.2) is 46.9 Å². The van der Waals surface area contributed by atoms with Gasteiger partial charge in [0.1, 0.15) is 0 Å². The van der Waals surface area contributed by atoms with Crippen LogP contribution in [-0.4, -0.2) is 23.4 Å². The number of aryl methyl sites for hydroxylation is 1. The fourth-order valence-electron chi connectivity index (χ4n) is 2.38. The molecule has 0 aliphatic heterocycles. The van der Waals surface area contributed by atoms with Crippen LogP contribution in [0.5, 0.6) is 0 Å². The molecule has 2 aromatic carbocycles. The standard InChI is InChI=1S/C17H18BrClO2/c1-12-2-5-14(6-3-12)17(10-20,11-21)9-13-4-7-15(18)8-16(13)19/h2-8,20-21H,9-11H2,1H3. The maximum Gasteiger partial charge on any atom is 0.0553 e. The summed E-state index contributed by atoms with van der Waals surface area (Å²) in [5, 5.41) is 20.4. The summed E-state index contributed by atoms with van der Waals surface area (Å²) in [6.45, 7) is 1.73. The molecule has 0 fully saturated rings. The van der Waals surface area contributed by atoms with Gasteiger partial charge < -0.3 is 10.2 Å². The van der Waals surface area contributed by atoms with Crippen LogP contribution in [0.2, 0.25) is 5.02 Å². The second-order valence-electron chi connectivity index (χ2n) is 5.38. The molecule has 0 radical (unpaired) electrons. The van der Waals surface area contributed by atoms with Crippen LogP contribution in [0.25, 0.3) is 0 Å². The van der Waals surface area contributed by atoms with Gasteiger partial charge in [-0.2, -0.15) is 0 Å². The number of rotatable bonds is 5. The van der Waals surface area contributed by atoms with Crippen molar-refractivity contribution in [2.45, 2.75) is 18.8 Å². The van der Waals surface area contributed by atoms with E-state index in [0.717, 1.165) is 21.2 Å². The quantitative estimate of drug-likeness (QED) is 0.840. The molecule has 4 heteroatoms. The predicted molar refractivity (Wildman–Crippen MR) is 89.9 cm³/mol. The molecule has 21 heavy (non-hydrogen) atoms. The van der Waals surface area contributed by atoms with Crippen molar-refractivity contribution >= 4 is 27.5 Å². The van der Waals surface area contributed by atoms with Crippen molar-refractivity contribution in [3.63, 3.8) is 0 Å². The average Bonchev–Trinajstić information content (AvgIpc) is 2.48. The molecule has 2 aromatic rings. The minimum Gasteiger partial charge on any atom is -0.395 e. The zero-order valence-corrected chi connectivity index (χ0v) is 14.2. The van der Waals surface area contributed by atoms with Gasteiger partial charge in [0.05, 0.1) is 13.2 Å². The monoisotopic (exact) mass is 368 g/mol. The number of hydrogen-bond acceptors (Lipinski definition) is 2. The van der Waals surface area contributed by atoms with E-state index in [2.05, 4.69) is 15.9 Å². The summed E-state index contributed by atoms with van der Waals surface area (Å²) >= 11 is 9.65. The Kier molecular flexibility index (Phi) is 5.44. The molecular formula is C17H18BrClO2. The molecule has 0 aromatic heterocycles. The number of benzene rings is 2.